The molecular formula is C45H32N10O21S6. The Kier molecular flexibility index (Phi) is 16.1. The first kappa shape index (κ1) is 59.3. The van der Waals surface area contributed by atoms with Crippen molar-refractivity contribution in [2.24, 2.45) is 40.9 Å². The maximum Gasteiger partial charge on any atom is 0.323 e. The predicted molar refractivity (Wildman–Crippen MR) is 283 cm³/mol. The van der Waals surface area contributed by atoms with E-state index in [1.165, 1.54) is 18.2 Å². The average Bonchev–Trinajstić information content (AvgIpc) is 2.17. The number of ketones is 1. The number of nitrogens with zero attached hydrogens (tertiary/aromatic N) is 8. The summed E-state index contributed by atoms with van der Waals surface area (Å²) >= 11 is 0. The minimum Gasteiger partial charge on any atom is -0.505 e. The van der Waals surface area contributed by atoms with Gasteiger partial charge in [-0.25, -0.2) is 4.79 Å². The van der Waals surface area contributed by atoms with Gasteiger partial charge in [0.2, 0.25) is 5.78 Å². The van der Waals surface area contributed by atoms with Crippen LogP contribution in [0.5, 0.6) is 5.75 Å². The van der Waals surface area contributed by atoms with Crippen LogP contribution in [-0.2, 0) is 67.1 Å². The standard InChI is InChI=1S/C45H32N10O21S6/c56-43-33-13-5-27(17-23(33)19-39(81(71,72)73)41(43)54-52-35-15-7-29(21-37(35)79(65,66)67)50-48-25-1-9-31(10-2-25)77(59,60)61)46-45(58)47-28-6-14-34-24(18-28)20-40(82(74,75)76)42(44(34)57)55-53-36-16-8-30(22-38(36)80(68,69)70)51-49-26-3-11-32(12-4-26)78(62,63)64/h1-19,21-22,56H,20H2,(H2,46,47,58)(H,59,60,61)(H,62,63,64)(H,65,66,67)(H,68,69,70)(H,71,72,73)(H,74,75,76). The Morgan fingerprint density at radius 3 is 1.33 bits per heavy atom. The number of allylic oxidation sites excluding steroid dienone is 2. The van der Waals surface area contributed by atoms with Gasteiger partial charge in [0.05, 0.1) is 32.5 Å². The van der Waals surface area contributed by atoms with Crippen LogP contribution in [0.15, 0.2) is 203 Å². The van der Waals surface area contributed by atoms with E-state index in [0.717, 1.165) is 109 Å². The molecule has 2 amide bonds. The second-order valence-corrected chi connectivity index (χ2v) is 25.1. The molecule has 0 spiro atoms. The van der Waals surface area contributed by atoms with E-state index in [2.05, 4.69) is 51.5 Å². The molecule has 7 aromatic carbocycles. The van der Waals surface area contributed by atoms with Crippen molar-refractivity contribution in [3.63, 3.8) is 0 Å². The zero-order valence-electron chi connectivity index (χ0n) is 40.2. The highest BCUT2D eigenvalue weighted by Gasteiger charge is 2.33. The second-order valence-electron chi connectivity index (χ2n) is 16.7. The quantitative estimate of drug-likeness (QED) is 0.0321. The summed E-state index contributed by atoms with van der Waals surface area (Å²) in [6.45, 7) is 0. The number of carbonyl (C=O) groups excluding carboxylic acids is 2. The maximum atomic E-state index is 13.7. The number of benzene rings is 7. The molecular weight excluding hydrogens is 1210 g/mol. The van der Waals surface area contributed by atoms with Crippen LogP contribution >= 0.6 is 0 Å². The first-order chi connectivity index (χ1) is 38.1. The Hall–Kier alpha value is -8.86. The summed E-state index contributed by atoms with van der Waals surface area (Å²) in [4.78, 5) is 22.1. The van der Waals surface area contributed by atoms with Gasteiger partial charge in [0.15, 0.2) is 11.4 Å². The summed E-state index contributed by atoms with van der Waals surface area (Å²) in [7, 11) is -29.9. The number of azo groups is 4. The number of Topliss-reactive ketones (excluding diaryl/α,β-unsaturated/α-hetero) is 1. The highest BCUT2D eigenvalue weighted by Crippen LogP contribution is 2.43. The zero-order valence-corrected chi connectivity index (χ0v) is 45.1. The number of amides is 2. The molecule has 0 heterocycles. The number of phenolic OH excluding ortho intramolecular Hbond substituents is 1. The summed E-state index contributed by atoms with van der Waals surface area (Å²) in [6, 6.07) is 21.2. The van der Waals surface area contributed by atoms with E-state index in [1.54, 1.807) is 0 Å². The number of carbonyl (C=O) groups is 2. The van der Waals surface area contributed by atoms with E-state index in [0.29, 0.717) is 0 Å². The van der Waals surface area contributed by atoms with Gasteiger partial charge in [-0.1, -0.05) is 0 Å². The first-order valence-electron chi connectivity index (χ1n) is 21.9. The number of phenols is 1. The fourth-order valence-electron chi connectivity index (χ4n) is 7.40. The largest absolute Gasteiger partial charge is 0.505 e. The Morgan fingerprint density at radius 1 is 0.427 bits per heavy atom. The minimum atomic E-state index is -5.29. The normalized spacial score (nSPS) is 13.9. The van der Waals surface area contributed by atoms with Crippen molar-refractivity contribution in [3.05, 3.63) is 149 Å². The molecule has 0 fully saturated rings. The van der Waals surface area contributed by atoms with Crippen LogP contribution in [0.25, 0.3) is 10.8 Å². The van der Waals surface area contributed by atoms with Gasteiger partial charge in [-0.05, 0) is 138 Å². The summed E-state index contributed by atoms with van der Waals surface area (Å²) in [5.41, 5.74) is -3.91. The maximum absolute atomic E-state index is 13.7. The SMILES string of the molecule is O=C(Nc1ccc2c(c1)CC(S(=O)(=O)O)=C(N=Nc1ccc(N=Nc3ccc(S(=O)(=O)O)cc3)cc1S(=O)(=O)O)C2=O)Nc1ccc2c(O)c(N=Nc3ccc(N=Nc4ccc(S(=O)(=O)O)cc4)cc3S(=O)(=O)O)c(S(=O)(=O)O)cc2c1. The van der Waals surface area contributed by atoms with E-state index in [-0.39, 0.29) is 56.0 Å². The summed E-state index contributed by atoms with van der Waals surface area (Å²) in [5, 5.41) is 45.7. The van der Waals surface area contributed by atoms with Crippen LogP contribution in [0.3, 0.4) is 0 Å². The predicted octanol–water partition coefficient (Wildman–Crippen LogP) is 9.29. The monoisotopic (exact) mass is 1240 g/mol. The summed E-state index contributed by atoms with van der Waals surface area (Å²) < 4.78 is 204. The second kappa shape index (κ2) is 22.2. The number of fused-ring (bicyclic) bond motifs is 2. The molecule has 424 valence electrons. The molecule has 1 aliphatic carbocycles. The lowest BCUT2D eigenvalue weighted by Crippen LogP contribution is -2.22. The third-order valence-electron chi connectivity index (χ3n) is 11.1. The molecule has 0 atom stereocenters. The molecule has 0 aliphatic heterocycles. The highest BCUT2D eigenvalue weighted by atomic mass is 32.2. The third kappa shape index (κ3) is 13.8. The van der Waals surface area contributed by atoms with Crippen LogP contribution in [0.4, 0.5) is 56.0 Å². The number of hydrogen-bond donors (Lipinski definition) is 9. The molecule has 82 heavy (non-hydrogen) atoms. The number of hydrogen-bond acceptors (Lipinski definition) is 23. The van der Waals surface area contributed by atoms with Gasteiger partial charge in [-0.3, -0.25) is 32.1 Å². The van der Waals surface area contributed by atoms with Crippen molar-refractivity contribution in [1.82, 2.24) is 0 Å². The number of aromatic hydroxyl groups is 1. The van der Waals surface area contributed by atoms with Gasteiger partial charge >= 0.3 is 6.03 Å². The van der Waals surface area contributed by atoms with Crippen molar-refractivity contribution in [2.45, 2.75) is 30.9 Å². The van der Waals surface area contributed by atoms with E-state index in [9.17, 15) is 83.4 Å². The molecule has 8 rings (SSSR count). The van der Waals surface area contributed by atoms with Crippen molar-refractivity contribution >= 4 is 134 Å². The van der Waals surface area contributed by atoms with E-state index >= 15 is 0 Å². The molecule has 0 radical (unpaired) electrons. The molecule has 37 heteroatoms. The Morgan fingerprint density at radius 2 is 0.866 bits per heavy atom. The van der Waals surface area contributed by atoms with Gasteiger partial charge in [0, 0.05) is 28.7 Å². The Balaban J connectivity index is 0.998. The van der Waals surface area contributed by atoms with Crippen molar-refractivity contribution in [1.29, 1.82) is 0 Å². The zero-order chi connectivity index (χ0) is 59.9. The lowest BCUT2D eigenvalue weighted by atomic mass is 9.93. The van der Waals surface area contributed by atoms with Crippen LogP contribution in [-0.4, -0.2) is 94.7 Å². The molecule has 0 saturated carbocycles. The van der Waals surface area contributed by atoms with E-state index in [4.69, 9.17) is 9.11 Å². The van der Waals surface area contributed by atoms with Crippen molar-refractivity contribution < 1.29 is 92.5 Å². The van der Waals surface area contributed by atoms with Gasteiger partial charge in [0.1, 0.15) is 36.7 Å². The lowest BCUT2D eigenvalue weighted by molar-refractivity contribution is 0.102. The van der Waals surface area contributed by atoms with Gasteiger partial charge < -0.3 is 15.7 Å². The van der Waals surface area contributed by atoms with Crippen LogP contribution in [0, 0.1) is 0 Å². The molecule has 0 aromatic heterocycles. The number of urea groups is 1. The first-order valence-corrected chi connectivity index (χ1v) is 30.6. The van der Waals surface area contributed by atoms with E-state index in [1.807, 2.05) is 0 Å². The smallest absolute Gasteiger partial charge is 0.323 e. The summed E-state index contributed by atoms with van der Waals surface area (Å²) in [5.74, 6) is -2.08. The molecule has 7 aromatic rings. The average molecular weight is 1240 g/mol. The number of rotatable bonds is 16. The number of anilines is 2. The Labute approximate surface area is 461 Å². The highest BCUT2D eigenvalue weighted by molar-refractivity contribution is 7.90. The molecule has 31 nitrogen and oxygen atoms in total. The van der Waals surface area contributed by atoms with Gasteiger partial charge in [-0.2, -0.15) is 71.0 Å². The van der Waals surface area contributed by atoms with Crippen LogP contribution < -0.4 is 10.6 Å². The van der Waals surface area contributed by atoms with Gasteiger partial charge in [-0.15, -0.1) is 20.5 Å². The Bertz CT molecular complexity index is 4750. The molecule has 0 unspecified atom stereocenters. The van der Waals surface area contributed by atoms with E-state index < -0.39 is 137 Å². The minimum absolute atomic E-state index is 0.0503. The number of nitrogens with one attached hydrogen (secondary N) is 2. The summed E-state index contributed by atoms with van der Waals surface area (Å²) in [6.07, 6.45) is -0.739. The molecule has 0 saturated heterocycles. The van der Waals surface area contributed by atoms with Gasteiger partial charge in [0.25, 0.3) is 60.7 Å². The third-order valence-corrected chi connectivity index (χ3v) is 16.5. The van der Waals surface area contributed by atoms with Crippen LogP contribution in [0.2, 0.25) is 0 Å². The van der Waals surface area contributed by atoms with Crippen molar-refractivity contribution in [3.8, 4) is 5.75 Å². The molecule has 1 aliphatic rings. The molecule has 0 bridgehead atoms. The van der Waals surface area contributed by atoms with Crippen molar-refractivity contribution in [2.75, 3.05) is 10.6 Å². The fraction of sp³-hybridized carbons (Fsp3) is 0.0222. The van der Waals surface area contributed by atoms with Crippen LogP contribution in [0.1, 0.15) is 15.9 Å². The lowest BCUT2D eigenvalue weighted by Gasteiger charge is -2.19. The fourth-order valence-corrected chi connectivity index (χ4v) is 11.0. The molecule has 9 N–H and O–H groups in total. The topological polar surface area (TPSA) is 504 Å².